The molecule has 0 bridgehead atoms. The van der Waals surface area contributed by atoms with E-state index in [1.54, 1.807) is 7.11 Å². The first-order valence-corrected chi connectivity index (χ1v) is 8.96. The molecule has 0 aliphatic heterocycles. The summed E-state index contributed by atoms with van der Waals surface area (Å²) in [4.78, 5) is 2.69. The van der Waals surface area contributed by atoms with Crippen LogP contribution >= 0.6 is 0 Å². The average Bonchev–Trinajstić information content (AvgIpc) is 2.46. The molecule has 1 N–H and O–H groups in total. The maximum atomic E-state index is 5.17. The monoisotopic (exact) mass is 298 g/mol. The van der Waals surface area contributed by atoms with Crippen molar-refractivity contribution in [2.45, 2.75) is 65.8 Å². The van der Waals surface area contributed by atoms with Crippen LogP contribution in [-0.2, 0) is 4.74 Å². The van der Waals surface area contributed by atoms with E-state index >= 15 is 0 Å². The number of hydrogen-bond donors (Lipinski definition) is 1. The van der Waals surface area contributed by atoms with Crippen LogP contribution in [0.2, 0.25) is 0 Å². The maximum Gasteiger partial charge on any atom is 0.0587 e. The fourth-order valence-corrected chi connectivity index (χ4v) is 3.53. The maximum absolute atomic E-state index is 5.17. The molecule has 0 aromatic carbocycles. The van der Waals surface area contributed by atoms with Crippen LogP contribution in [0.15, 0.2) is 0 Å². The third-order valence-electron chi connectivity index (χ3n) is 5.10. The Labute approximate surface area is 132 Å². The summed E-state index contributed by atoms with van der Waals surface area (Å²) in [5.74, 6) is 0.913. The first-order chi connectivity index (χ1) is 10.0. The molecule has 1 saturated carbocycles. The normalized spacial score (nSPS) is 26.7. The summed E-state index contributed by atoms with van der Waals surface area (Å²) in [6.45, 7) is 14.8. The van der Waals surface area contributed by atoms with Crippen LogP contribution in [0, 0.1) is 11.3 Å². The molecule has 1 aliphatic carbocycles. The fraction of sp³-hybridized carbons (Fsp3) is 1.00. The van der Waals surface area contributed by atoms with E-state index in [2.05, 4.69) is 37.9 Å². The Balaban J connectivity index is 2.62. The van der Waals surface area contributed by atoms with Crippen LogP contribution in [0.5, 0.6) is 0 Å². The lowest BCUT2D eigenvalue weighted by molar-refractivity contribution is 0.0686. The molecule has 0 spiro atoms. The van der Waals surface area contributed by atoms with Gasteiger partial charge >= 0.3 is 0 Å². The van der Waals surface area contributed by atoms with E-state index in [0.29, 0.717) is 11.5 Å². The Kier molecular flexibility index (Phi) is 8.84. The van der Waals surface area contributed by atoms with Crippen LogP contribution in [0.4, 0.5) is 0 Å². The summed E-state index contributed by atoms with van der Waals surface area (Å²) in [6.07, 6.45) is 6.79. The molecule has 0 atom stereocenters. The van der Waals surface area contributed by atoms with Crippen LogP contribution in [0.3, 0.4) is 0 Å². The first-order valence-electron chi connectivity index (χ1n) is 8.96. The minimum Gasteiger partial charge on any atom is -0.383 e. The van der Waals surface area contributed by atoms with Crippen molar-refractivity contribution in [3.8, 4) is 0 Å². The summed E-state index contributed by atoms with van der Waals surface area (Å²) in [7, 11) is 1.78. The predicted octanol–water partition coefficient (Wildman–Crippen LogP) is 3.54. The summed E-state index contributed by atoms with van der Waals surface area (Å²) in [5, 5.41) is 3.65. The molecule has 3 heteroatoms. The first kappa shape index (κ1) is 18.9. The van der Waals surface area contributed by atoms with Crippen LogP contribution in [-0.4, -0.2) is 50.8 Å². The highest BCUT2D eigenvalue weighted by Crippen LogP contribution is 2.39. The Hall–Kier alpha value is -0.120. The minimum absolute atomic E-state index is 0.472. The summed E-state index contributed by atoms with van der Waals surface area (Å²) in [6, 6.07) is 0.653. The van der Waals surface area contributed by atoms with Crippen molar-refractivity contribution < 1.29 is 4.74 Å². The molecule has 126 valence electrons. The van der Waals surface area contributed by atoms with E-state index in [4.69, 9.17) is 4.74 Å². The summed E-state index contributed by atoms with van der Waals surface area (Å²) in [5.41, 5.74) is 0.472. The minimum atomic E-state index is 0.472. The van der Waals surface area contributed by atoms with Crippen molar-refractivity contribution in [2.24, 2.45) is 11.3 Å². The molecule has 1 aliphatic rings. The lowest BCUT2D eigenvalue weighted by Crippen LogP contribution is -2.48. The van der Waals surface area contributed by atoms with E-state index < -0.39 is 0 Å². The molecule has 1 rings (SSSR count). The molecule has 0 amide bonds. The van der Waals surface area contributed by atoms with Gasteiger partial charge in [-0.3, -0.25) is 0 Å². The fourth-order valence-electron chi connectivity index (χ4n) is 3.53. The molecule has 0 radical (unpaired) electrons. The number of rotatable bonds is 10. The zero-order valence-electron chi connectivity index (χ0n) is 15.1. The van der Waals surface area contributed by atoms with E-state index in [1.165, 1.54) is 45.2 Å². The standard InChI is InChI=1S/C18H38N2O/c1-6-12-20(16(2)3)15-18(14-19-11-13-21-5)9-7-17(4)8-10-18/h16-17,19H,6-15H2,1-5H3. The van der Waals surface area contributed by atoms with Crippen molar-refractivity contribution in [1.29, 1.82) is 0 Å². The number of hydrogen-bond acceptors (Lipinski definition) is 3. The smallest absolute Gasteiger partial charge is 0.0587 e. The van der Waals surface area contributed by atoms with E-state index in [9.17, 15) is 0 Å². The highest BCUT2D eigenvalue weighted by atomic mass is 16.5. The third-order valence-corrected chi connectivity index (χ3v) is 5.10. The van der Waals surface area contributed by atoms with Crippen molar-refractivity contribution in [2.75, 3.05) is 39.9 Å². The molecule has 0 unspecified atom stereocenters. The Morgan fingerprint density at radius 1 is 1.29 bits per heavy atom. The lowest BCUT2D eigenvalue weighted by Gasteiger charge is -2.44. The largest absolute Gasteiger partial charge is 0.383 e. The molecule has 0 heterocycles. The van der Waals surface area contributed by atoms with Gasteiger partial charge in [0.15, 0.2) is 0 Å². The molecule has 1 fully saturated rings. The molecule has 0 aromatic heterocycles. The van der Waals surface area contributed by atoms with Gasteiger partial charge < -0.3 is 15.0 Å². The van der Waals surface area contributed by atoms with E-state index in [0.717, 1.165) is 25.6 Å². The zero-order valence-corrected chi connectivity index (χ0v) is 15.1. The van der Waals surface area contributed by atoms with Crippen molar-refractivity contribution >= 4 is 0 Å². The molecule has 3 nitrogen and oxygen atoms in total. The second-order valence-electron chi connectivity index (χ2n) is 7.42. The topological polar surface area (TPSA) is 24.5 Å². The number of nitrogens with zero attached hydrogens (tertiary/aromatic N) is 1. The molecule has 0 aromatic rings. The average molecular weight is 299 g/mol. The van der Waals surface area contributed by atoms with Gasteiger partial charge in [-0.05, 0) is 51.0 Å². The predicted molar refractivity (Wildman–Crippen MR) is 91.8 cm³/mol. The highest BCUT2D eigenvalue weighted by Gasteiger charge is 2.35. The SMILES string of the molecule is CCCN(CC1(CNCCOC)CCC(C)CC1)C(C)C. The number of methoxy groups -OCH3 is 1. The quantitative estimate of drug-likeness (QED) is 0.624. The van der Waals surface area contributed by atoms with Gasteiger partial charge in [-0.15, -0.1) is 0 Å². The van der Waals surface area contributed by atoms with E-state index in [-0.39, 0.29) is 0 Å². The number of nitrogens with one attached hydrogen (secondary N) is 1. The van der Waals surface area contributed by atoms with Gasteiger partial charge in [0, 0.05) is 32.8 Å². The Morgan fingerprint density at radius 3 is 2.48 bits per heavy atom. The van der Waals surface area contributed by atoms with Gasteiger partial charge in [-0.2, -0.15) is 0 Å². The third kappa shape index (κ3) is 6.66. The van der Waals surface area contributed by atoms with Crippen LogP contribution < -0.4 is 5.32 Å². The molecular formula is C18H38N2O. The second-order valence-corrected chi connectivity index (χ2v) is 7.42. The van der Waals surface area contributed by atoms with Gasteiger partial charge in [0.1, 0.15) is 0 Å². The molecule has 0 saturated heterocycles. The second kappa shape index (κ2) is 9.81. The zero-order chi connectivity index (χ0) is 15.7. The highest BCUT2D eigenvalue weighted by molar-refractivity contribution is 4.90. The Morgan fingerprint density at radius 2 is 1.95 bits per heavy atom. The van der Waals surface area contributed by atoms with Gasteiger partial charge in [0.25, 0.3) is 0 Å². The Bertz CT molecular complexity index is 260. The van der Waals surface area contributed by atoms with Crippen molar-refractivity contribution in [3.63, 3.8) is 0 Å². The van der Waals surface area contributed by atoms with E-state index in [1.807, 2.05) is 0 Å². The summed E-state index contributed by atoms with van der Waals surface area (Å²) >= 11 is 0. The van der Waals surface area contributed by atoms with Crippen LogP contribution in [0.25, 0.3) is 0 Å². The van der Waals surface area contributed by atoms with Gasteiger partial charge in [0.05, 0.1) is 6.61 Å². The van der Waals surface area contributed by atoms with Gasteiger partial charge in [-0.1, -0.05) is 26.7 Å². The number of ether oxygens (including phenoxy) is 1. The molecule has 21 heavy (non-hydrogen) atoms. The van der Waals surface area contributed by atoms with Crippen LogP contribution in [0.1, 0.15) is 59.8 Å². The van der Waals surface area contributed by atoms with Crippen molar-refractivity contribution in [3.05, 3.63) is 0 Å². The van der Waals surface area contributed by atoms with Gasteiger partial charge in [-0.25, -0.2) is 0 Å². The van der Waals surface area contributed by atoms with Crippen molar-refractivity contribution in [1.82, 2.24) is 10.2 Å². The molecular weight excluding hydrogens is 260 g/mol. The summed E-state index contributed by atoms with van der Waals surface area (Å²) < 4.78 is 5.17. The van der Waals surface area contributed by atoms with Gasteiger partial charge in [0.2, 0.25) is 0 Å². The lowest BCUT2D eigenvalue weighted by atomic mass is 9.70.